The predicted molar refractivity (Wildman–Crippen MR) is 50.0 cm³/mol. The summed E-state index contributed by atoms with van der Waals surface area (Å²) in [4.78, 5) is 22.9. The largest absolute Gasteiger partial charge is 0.479 e. The second kappa shape index (κ2) is 6.20. The van der Waals surface area contributed by atoms with Gasteiger partial charge in [0.25, 0.3) is 0 Å². The number of carbonyl (C=O) groups is 2. The third kappa shape index (κ3) is 4.08. The van der Waals surface area contributed by atoms with E-state index in [1.54, 1.807) is 0 Å². The number of aliphatic hydroxyl groups excluding tert-OH is 1. The molecule has 82 valence electrons. The zero-order valence-corrected chi connectivity index (χ0v) is 8.36. The molecule has 0 bridgehead atoms. The predicted octanol–water partition coefficient (Wildman–Crippen LogP) is -0.517. The van der Waals surface area contributed by atoms with Gasteiger partial charge in [-0.15, -0.1) is 0 Å². The van der Waals surface area contributed by atoms with Crippen LogP contribution in [0.3, 0.4) is 0 Å². The fraction of sp³-hybridized carbons (Fsp3) is 0.750. The normalized spacial score (nSPS) is 11.9. The molecule has 0 unspecified atom stereocenters. The molecule has 14 heavy (non-hydrogen) atoms. The molecule has 0 fully saturated rings. The lowest BCUT2D eigenvalue weighted by molar-refractivity contribution is -0.146. The van der Waals surface area contributed by atoms with Crippen LogP contribution in [0.25, 0.3) is 0 Å². The summed E-state index contributed by atoms with van der Waals surface area (Å²) in [5.74, 6) is -1.34. The molecule has 0 saturated heterocycles. The standard InChI is InChI=1S/C8H16N2O4/c1-3-10(4-2)8(14)9-5-6(11)7(12)13/h6,11H,3-5H2,1-2H3,(H,9,14)(H,12,13)/t6-/m0/s1. The van der Waals surface area contributed by atoms with E-state index in [1.807, 2.05) is 13.8 Å². The van der Waals surface area contributed by atoms with Gasteiger partial charge in [0.1, 0.15) is 0 Å². The van der Waals surface area contributed by atoms with Crippen molar-refractivity contribution in [1.82, 2.24) is 10.2 Å². The van der Waals surface area contributed by atoms with Crippen LogP contribution in [0, 0.1) is 0 Å². The average molecular weight is 204 g/mol. The molecule has 0 aromatic heterocycles. The molecule has 0 saturated carbocycles. The fourth-order valence-electron chi connectivity index (χ4n) is 0.894. The van der Waals surface area contributed by atoms with Gasteiger partial charge in [0.15, 0.2) is 6.10 Å². The highest BCUT2D eigenvalue weighted by Crippen LogP contribution is 1.88. The maximum Gasteiger partial charge on any atom is 0.334 e. The van der Waals surface area contributed by atoms with Gasteiger partial charge in [-0.25, -0.2) is 9.59 Å². The lowest BCUT2D eigenvalue weighted by Crippen LogP contribution is -2.44. The Hall–Kier alpha value is -1.30. The van der Waals surface area contributed by atoms with Gasteiger partial charge in [0, 0.05) is 13.1 Å². The van der Waals surface area contributed by atoms with Crippen molar-refractivity contribution in [2.45, 2.75) is 20.0 Å². The van der Waals surface area contributed by atoms with Gasteiger partial charge >= 0.3 is 12.0 Å². The van der Waals surface area contributed by atoms with Crippen molar-refractivity contribution in [3.8, 4) is 0 Å². The Labute approximate surface area is 82.5 Å². The third-order valence-corrected chi connectivity index (χ3v) is 1.78. The number of nitrogens with one attached hydrogen (secondary N) is 1. The van der Waals surface area contributed by atoms with E-state index in [4.69, 9.17) is 10.2 Å². The second-order valence-corrected chi connectivity index (χ2v) is 2.71. The number of urea groups is 1. The Morgan fingerprint density at radius 1 is 1.36 bits per heavy atom. The number of amides is 2. The Morgan fingerprint density at radius 3 is 2.21 bits per heavy atom. The number of aliphatic carboxylic acids is 1. The molecule has 0 aliphatic carbocycles. The monoisotopic (exact) mass is 204 g/mol. The smallest absolute Gasteiger partial charge is 0.334 e. The average Bonchev–Trinajstić information content (AvgIpc) is 2.15. The summed E-state index contributed by atoms with van der Waals surface area (Å²) in [6.45, 7) is 4.45. The molecule has 1 atom stereocenters. The molecular formula is C8H16N2O4. The van der Waals surface area contributed by atoms with Crippen molar-refractivity contribution in [1.29, 1.82) is 0 Å². The van der Waals surface area contributed by atoms with Crippen LogP contribution in [0.1, 0.15) is 13.8 Å². The molecule has 6 nitrogen and oxygen atoms in total. The summed E-state index contributed by atoms with van der Waals surface area (Å²) in [6.07, 6.45) is -1.55. The number of rotatable bonds is 5. The van der Waals surface area contributed by atoms with Gasteiger partial charge < -0.3 is 20.4 Å². The van der Waals surface area contributed by atoms with Gasteiger partial charge in [-0.05, 0) is 13.8 Å². The van der Waals surface area contributed by atoms with Crippen molar-refractivity contribution in [2.24, 2.45) is 0 Å². The number of carboxylic acid groups (broad SMARTS) is 1. The minimum absolute atomic E-state index is 0.273. The highest BCUT2D eigenvalue weighted by Gasteiger charge is 2.15. The Bertz CT molecular complexity index is 204. The lowest BCUT2D eigenvalue weighted by Gasteiger charge is -2.19. The summed E-state index contributed by atoms with van der Waals surface area (Å²) in [7, 11) is 0. The third-order valence-electron chi connectivity index (χ3n) is 1.78. The second-order valence-electron chi connectivity index (χ2n) is 2.71. The lowest BCUT2D eigenvalue weighted by atomic mass is 10.3. The molecule has 0 heterocycles. The first-order valence-corrected chi connectivity index (χ1v) is 4.46. The van der Waals surface area contributed by atoms with Crippen LogP contribution >= 0.6 is 0 Å². The Kier molecular flexibility index (Phi) is 5.62. The quantitative estimate of drug-likeness (QED) is 0.562. The van der Waals surface area contributed by atoms with Crippen LogP contribution in [0.15, 0.2) is 0 Å². The van der Waals surface area contributed by atoms with Gasteiger partial charge in [0.2, 0.25) is 0 Å². The Balaban J connectivity index is 3.89. The minimum Gasteiger partial charge on any atom is -0.479 e. The zero-order chi connectivity index (χ0) is 11.1. The first-order chi connectivity index (χ1) is 6.52. The molecule has 2 amide bonds. The molecule has 3 N–H and O–H groups in total. The molecule has 0 rings (SSSR count). The Morgan fingerprint density at radius 2 is 1.86 bits per heavy atom. The van der Waals surface area contributed by atoms with Gasteiger partial charge in [0.05, 0.1) is 6.54 Å². The SMILES string of the molecule is CCN(CC)C(=O)NC[C@H](O)C(=O)O. The molecule has 0 aromatic rings. The number of aliphatic hydroxyl groups is 1. The number of hydrogen-bond acceptors (Lipinski definition) is 3. The number of nitrogens with zero attached hydrogens (tertiary/aromatic N) is 1. The zero-order valence-electron chi connectivity index (χ0n) is 8.36. The van der Waals surface area contributed by atoms with Crippen LogP contribution in [0.5, 0.6) is 0 Å². The van der Waals surface area contributed by atoms with Crippen LogP contribution in [0.2, 0.25) is 0 Å². The molecule has 0 aromatic carbocycles. The van der Waals surface area contributed by atoms with E-state index in [0.717, 1.165) is 0 Å². The number of hydrogen-bond donors (Lipinski definition) is 3. The maximum absolute atomic E-state index is 11.2. The van der Waals surface area contributed by atoms with E-state index in [0.29, 0.717) is 13.1 Å². The summed E-state index contributed by atoms with van der Waals surface area (Å²) >= 11 is 0. The van der Waals surface area contributed by atoms with E-state index in [-0.39, 0.29) is 12.6 Å². The highest BCUT2D eigenvalue weighted by atomic mass is 16.4. The van der Waals surface area contributed by atoms with Crippen molar-refractivity contribution >= 4 is 12.0 Å². The van der Waals surface area contributed by atoms with Gasteiger partial charge in [-0.3, -0.25) is 0 Å². The van der Waals surface area contributed by atoms with Crippen LogP contribution in [0.4, 0.5) is 4.79 Å². The summed E-state index contributed by atoms with van der Waals surface area (Å²) in [5.41, 5.74) is 0. The maximum atomic E-state index is 11.2. The first-order valence-electron chi connectivity index (χ1n) is 4.46. The number of carbonyl (C=O) groups excluding carboxylic acids is 1. The van der Waals surface area contributed by atoms with Crippen LogP contribution in [-0.4, -0.2) is 52.9 Å². The number of carboxylic acids is 1. The van der Waals surface area contributed by atoms with E-state index in [1.165, 1.54) is 4.90 Å². The fourth-order valence-corrected chi connectivity index (χ4v) is 0.894. The van der Waals surface area contributed by atoms with Crippen molar-refractivity contribution in [2.75, 3.05) is 19.6 Å². The minimum atomic E-state index is -1.55. The molecule has 6 heteroatoms. The summed E-state index contributed by atoms with van der Waals surface area (Å²) in [5, 5.41) is 19.5. The van der Waals surface area contributed by atoms with Crippen LogP contribution in [-0.2, 0) is 4.79 Å². The van der Waals surface area contributed by atoms with Crippen molar-refractivity contribution in [3.05, 3.63) is 0 Å². The van der Waals surface area contributed by atoms with E-state index < -0.39 is 12.1 Å². The molecule has 0 spiro atoms. The topological polar surface area (TPSA) is 89.9 Å². The van der Waals surface area contributed by atoms with Gasteiger partial charge in [-0.1, -0.05) is 0 Å². The van der Waals surface area contributed by atoms with E-state index in [9.17, 15) is 9.59 Å². The van der Waals surface area contributed by atoms with Crippen LogP contribution < -0.4 is 5.32 Å². The van der Waals surface area contributed by atoms with Gasteiger partial charge in [-0.2, -0.15) is 0 Å². The van der Waals surface area contributed by atoms with E-state index >= 15 is 0 Å². The summed E-state index contributed by atoms with van der Waals surface area (Å²) in [6, 6.07) is -0.365. The molecule has 0 aliphatic rings. The van der Waals surface area contributed by atoms with E-state index in [2.05, 4.69) is 5.32 Å². The molecular weight excluding hydrogens is 188 g/mol. The molecule has 0 aliphatic heterocycles. The highest BCUT2D eigenvalue weighted by molar-refractivity contribution is 5.76. The van der Waals surface area contributed by atoms with Crippen molar-refractivity contribution in [3.63, 3.8) is 0 Å². The summed E-state index contributed by atoms with van der Waals surface area (Å²) < 4.78 is 0. The van der Waals surface area contributed by atoms with Crippen molar-refractivity contribution < 1.29 is 19.8 Å². The first kappa shape index (κ1) is 12.7. The molecule has 0 radical (unpaired) electrons.